The van der Waals surface area contributed by atoms with E-state index in [0.29, 0.717) is 12.5 Å². The van der Waals surface area contributed by atoms with Gasteiger partial charge in [0.25, 0.3) is 0 Å². The van der Waals surface area contributed by atoms with E-state index in [1.165, 1.54) is 43.3 Å². The van der Waals surface area contributed by atoms with Crippen molar-refractivity contribution in [2.24, 2.45) is 40.7 Å². The Bertz CT molecular complexity index is 601. The molecule has 0 saturated heterocycles. The lowest BCUT2D eigenvalue weighted by Gasteiger charge is -2.54. The molecular weight excluding hydrogens is 282 g/mol. The lowest BCUT2D eigenvalue weighted by atomic mass is 9.51. The zero-order chi connectivity index (χ0) is 16.2. The van der Waals surface area contributed by atoms with Gasteiger partial charge >= 0.3 is 0 Å². The largest absolute Gasteiger partial charge is 0.327 e. The molecule has 4 rings (SSSR count). The molecule has 0 bridgehead atoms. The quantitative estimate of drug-likeness (QED) is 0.782. The number of rotatable bonds is 2. The highest BCUT2D eigenvalue weighted by molar-refractivity contribution is 6.01. The highest BCUT2D eigenvalue weighted by Crippen LogP contribution is 2.62. The van der Waals surface area contributed by atoms with E-state index >= 15 is 0 Å². The third-order valence-corrected chi connectivity index (χ3v) is 7.66. The summed E-state index contributed by atoms with van der Waals surface area (Å²) in [5.41, 5.74) is 8.68. The van der Waals surface area contributed by atoms with Crippen LogP contribution in [-0.4, -0.2) is 12.3 Å². The molecule has 0 heterocycles. The molecule has 0 aromatic heterocycles. The first-order valence-corrected chi connectivity index (χ1v) is 9.36. The van der Waals surface area contributed by atoms with Crippen LogP contribution in [0.1, 0.15) is 45.4 Å². The van der Waals surface area contributed by atoms with Crippen LogP contribution in [0.15, 0.2) is 36.0 Å². The van der Waals surface area contributed by atoms with Gasteiger partial charge < -0.3 is 5.73 Å². The van der Waals surface area contributed by atoms with Crippen LogP contribution < -0.4 is 5.73 Å². The highest BCUT2D eigenvalue weighted by Gasteiger charge is 2.53. The van der Waals surface area contributed by atoms with Gasteiger partial charge in [0.05, 0.1) is 0 Å². The number of hydrogen-bond donors (Lipinski definition) is 1. The van der Waals surface area contributed by atoms with E-state index in [9.17, 15) is 4.79 Å². The van der Waals surface area contributed by atoms with Crippen molar-refractivity contribution < 1.29 is 4.79 Å². The van der Waals surface area contributed by atoms with Crippen molar-refractivity contribution in [3.63, 3.8) is 0 Å². The maximum Gasteiger partial charge on any atom is 0.178 e. The van der Waals surface area contributed by atoms with Crippen molar-refractivity contribution in [1.29, 1.82) is 0 Å². The molecule has 2 nitrogen and oxygen atoms in total. The Morgan fingerprint density at radius 3 is 2.78 bits per heavy atom. The number of nitrogens with two attached hydrogens (primary N) is 1. The van der Waals surface area contributed by atoms with Crippen LogP contribution in [0.4, 0.5) is 0 Å². The molecule has 3 saturated carbocycles. The lowest BCUT2D eigenvalue weighted by Crippen LogP contribution is -2.46. The molecule has 6 unspecified atom stereocenters. The molecule has 3 fully saturated rings. The van der Waals surface area contributed by atoms with E-state index in [0.717, 1.165) is 30.1 Å². The lowest BCUT2D eigenvalue weighted by molar-refractivity contribution is -0.110. The second kappa shape index (κ2) is 5.44. The van der Waals surface area contributed by atoms with Gasteiger partial charge in [-0.2, -0.15) is 0 Å². The Labute approximate surface area is 139 Å². The molecule has 0 aromatic rings. The molecule has 124 valence electrons. The predicted octanol–water partition coefficient (Wildman–Crippen LogP) is 4.04. The number of ketones is 1. The Morgan fingerprint density at radius 2 is 2.00 bits per heavy atom. The van der Waals surface area contributed by atoms with Gasteiger partial charge in [-0.1, -0.05) is 30.7 Å². The molecular formula is C21H29NO. The number of allylic oxidation sites excluding steroid dienone is 4. The second-order valence-corrected chi connectivity index (χ2v) is 8.45. The molecule has 6 atom stereocenters. The van der Waals surface area contributed by atoms with Crippen LogP contribution in [0, 0.1) is 35.0 Å². The van der Waals surface area contributed by atoms with Crippen molar-refractivity contribution >= 4 is 5.78 Å². The first-order valence-electron chi connectivity index (χ1n) is 9.36. The summed E-state index contributed by atoms with van der Waals surface area (Å²) in [6, 6.07) is 0. The maximum atomic E-state index is 11.8. The zero-order valence-corrected chi connectivity index (χ0v) is 14.3. The standard InChI is InChI=1S/C21H29NO/c1-13(12-22)16-5-6-18-17(16)7-8-20-19(18)4-3-14-11-15(23)9-10-21(14,20)2/h9-11,16-20H,1,3-8,12,22H2,2H3. The van der Waals surface area contributed by atoms with Gasteiger partial charge in [-0.3, -0.25) is 4.79 Å². The van der Waals surface area contributed by atoms with E-state index in [2.05, 4.69) is 19.6 Å². The minimum Gasteiger partial charge on any atom is -0.327 e. The van der Waals surface area contributed by atoms with Gasteiger partial charge in [0.2, 0.25) is 0 Å². The molecule has 0 aromatic carbocycles. The fraction of sp³-hybridized carbons (Fsp3) is 0.667. The van der Waals surface area contributed by atoms with Gasteiger partial charge in [0.15, 0.2) is 5.78 Å². The van der Waals surface area contributed by atoms with Gasteiger partial charge in [0, 0.05) is 12.0 Å². The van der Waals surface area contributed by atoms with Crippen molar-refractivity contribution in [2.75, 3.05) is 6.54 Å². The first-order chi connectivity index (χ1) is 11.0. The molecule has 0 amide bonds. The van der Waals surface area contributed by atoms with Crippen LogP contribution in [-0.2, 0) is 4.79 Å². The number of carbonyl (C=O) groups excluding carboxylic acids is 1. The zero-order valence-electron chi connectivity index (χ0n) is 14.3. The Morgan fingerprint density at radius 1 is 1.22 bits per heavy atom. The third-order valence-electron chi connectivity index (χ3n) is 7.66. The Hall–Kier alpha value is -1.15. The summed E-state index contributed by atoms with van der Waals surface area (Å²) in [5.74, 6) is 4.06. The van der Waals surface area contributed by atoms with Crippen molar-refractivity contribution in [2.45, 2.75) is 45.4 Å². The Kier molecular flexibility index (Phi) is 3.64. The van der Waals surface area contributed by atoms with Crippen molar-refractivity contribution in [3.8, 4) is 0 Å². The SMILES string of the molecule is C=C(CN)C1CCC2C1CCC1C2CCC2=CC(=O)C=CC21C. The predicted molar refractivity (Wildman–Crippen MR) is 93.7 cm³/mol. The topological polar surface area (TPSA) is 43.1 Å². The minimum absolute atomic E-state index is 0.130. The van der Waals surface area contributed by atoms with Gasteiger partial charge in [0.1, 0.15) is 0 Å². The van der Waals surface area contributed by atoms with E-state index in [1.807, 2.05) is 12.2 Å². The average molecular weight is 311 g/mol. The van der Waals surface area contributed by atoms with Crippen LogP contribution in [0.3, 0.4) is 0 Å². The summed E-state index contributed by atoms with van der Waals surface area (Å²) in [6.45, 7) is 7.28. The molecule has 4 aliphatic carbocycles. The van der Waals surface area contributed by atoms with Gasteiger partial charge in [-0.15, -0.1) is 0 Å². The molecule has 0 radical (unpaired) electrons. The number of fused-ring (bicyclic) bond motifs is 5. The van der Waals surface area contributed by atoms with Crippen molar-refractivity contribution in [1.82, 2.24) is 0 Å². The number of carbonyl (C=O) groups is 1. The summed E-state index contributed by atoms with van der Waals surface area (Å²) in [7, 11) is 0. The average Bonchev–Trinajstić information content (AvgIpc) is 2.99. The summed E-state index contributed by atoms with van der Waals surface area (Å²) in [4.78, 5) is 11.8. The molecule has 0 spiro atoms. The second-order valence-electron chi connectivity index (χ2n) is 8.45. The van der Waals surface area contributed by atoms with E-state index in [1.54, 1.807) is 0 Å². The fourth-order valence-electron chi connectivity index (χ4n) is 6.51. The van der Waals surface area contributed by atoms with E-state index < -0.39 is 0 Å². The molecule has 0 aliphatic heterocycles. The summed E-state index contributed by atoms with van der Waals surface area (Å²) >= 11 is 0. The third kappa shape index (κ3) is 2.21. The van der Waals surface area contributed by atoms with Crippen LogP contribution >= 0.6 is 0 Å². The summed E-state index contributed by atoms with van der Waals surface area (Å²) in [6.07, 6.45) is 13.6. The van der Waals surface area contributed by atoms with Crippen LogP contribution in [0.5, 0.6) is 0 Å². The Balaban J connectivity index is 1.61. The van der Waals surface area contributed by atoms with Crippen LogP contribution in [0.2, 0.25) is 0 Å². The number of hydrogen-bond acceptors (Lipinski definition) is 2. The first kappa shape index (κ1) is 15.4. The maximum absolute atomic E-state index is 11.8. The monoisotopic (exact) mass is 311 g/mol. The smallest absolute Gasteiger partial charge is 0.178 e. The van der Waals surface area contributed by atoms with Crippen molar-refractivity contribution in [3.05, 3.63) is 36.0 Å². The van der Waals surface area contributed by atoms with E-state index in [4.69, 9.17) is 5.73 Å². The molecule has 2 heteroatoms. The fourth-order valence-corrected chi connectivity index (χ4v) is 6.51. The highest BCUT2D eigenvalue weighted by atomic mass is 16.1. The van der Waals surface area contributed by atoms with Crippen LogP contribution in [0.25, 0.3) is 0 Å². The summed E-state index contributed by atoms with van der Waals surface area (Å²) < 4.78 is 0. The summed E-state index contributed by atoms with van der Waals surface area (Å²) in [5, 5.41) is 0. The van der Waals surface area contributed by atoms with Gasteiger partial charge in [-0.25, -0.2) is 0 Å². The molecule has 4 aliphatic rings. The van der Waals surface area contributed by atoms with E-state index in [-0.39, 0.29) is 11.2 Å². The molecule has 23 heavy (non-hydrogen) atoms. The molecule has 2 N–H and O–H groups in total. The van der Waals surface area contributed by atoms with Gasteiger partial charge in [-0.05, 0) is 80.3 Å². The minimum atomic E-state index is 0.130. The normalized spacial score (nSPS) is 45.0.